The van der Waals surface area contributed by atoms with Crippen LogP contribution in [0.3, 0.4) is 0 Å². The zero-order valence-electron chi connectivity index (χ0n) is 11.3. The van der Waals surface area contributed by atoms with Gasteiger partial charge in [0, 0.05) is 0 Å². The van der Waals surface area contributed by atoms with Crippen molar-refractivity contribution in [1.29, 1.82) is 5.26 Å². The molecule has 0 saturated heterocycles. The molecule has 0 spiro atoms. The number of aryl methyl sites for hydroxylation is 1. The zero-order valence-corrected chi connectivity index (χ0v) is 11.3. The summed E-state index contributed by atoms with van der Waals surface area (Å²) in [4.78, 5) is 0. The van der Waals surface area contributed by atoms with Crippen LogP contribution in [0, 0.1) is 16.7 Å². The van der Waals surface area contributed by atoms with Gasteiger partial charge >= 0.3 is 0 Å². The van der Waals surface area contributed by atoms with Gasteiger partial charge in [0.25, 0.3) is 0 Å². The molecule has 0 fully saturated rings. The minimum atomic E-state index is -0.432. The Morgan fingerprint density at radius 3 is 2.89 bits per heavy atom. The number of hydrogen-bond donors (Lipinski definition) is 1. The highest BCUT2D eigenvalue weighted by Crippen LogP contribution is 2.35. The molecule has 0 saturated carbocycles. The van der Waals surface area contributed by atoms with E-state index in [9.17, 15) is 5.26 Å². The maximum absolute atomic E-state index is 9.28. The van der Waals surface area contributed by atoms with Crippen LogP contribution in [0.2, 0.25) is 0 Å². The molecule has 96 valence electrons. The van der Waals surface area contributed by atoms with Crippen LogP contribution in [-0.2, 0) is 6.42 Å². The third kappa shape index (κ3) is 2.34. The van der Waals surface area contributed by atoms with Crippen LogP contribution in [0.4, 0.5) is 0 Å². The van der Waals surface area contributed by atoms with Crippen molar-refractivity contribution in [3.05, 3.63) is 29.3 Å². The van der Waals surface area contributed by atoms with Gasteiger partial charge in [-0.3, -0.25) is 0 Å². The van der Waals surface area contributed by atoms with E-state index in [4.69, 9.17) is 4.74 Å². The first-order valence-corrected chi connectivity index (χ1v) is 6.42. The van der Waals surface area contributed by atoms with Crippen LogP contribution in [0.5, 0.6) is 5.75 Å². The maximum atomic E-state index is 9.28. The number of nitriles is 1. The molecule has 1 unspecified atom stereocenters. The van der Waals surface area contributed by atoms with E-state index < -0.39 is 5.41 Å². The Hall–Kier alpha value is -1.53. The largest absolute Gasteiger partial charge is 0.493 e. The highest BCUT2D eigenvalue weighted by Gasteiger charge is 2.30. The van der Waals surface area contributed by atoms with Gasteiger partial charge in [-0.25, -0.2) is 0 Å². The second kappa shape index (κ2) is 4.99. The fourth-order valence-corrected chi connectivity index (χ4v) is 2.57. The molecule has 3 nitrogen and oxygen atoms in total. The summed E-state index contributed by atoms with van der Waals surface area (Å²) in [5.74, 6) is 0.995. The topological polar surface area (TPSA) is 45.0 Å². The second-order valence-electron chi connectivity index (χ2n) is 5.37. The number of hydrogen-bond acceptors (Lipinski definition) is 3. The molecule has 1 atom stereocenters. The molecule has 2 rings (SSSR count). The summed E-state index contributed by atoms with van der Waals surface area (Å²) in [6, 6.07) is 8.68. The minimum Gasteiger partial charge on any atom is -0.493 e. The second-order valence-corrected chi connectivity index (χ2v) is 5.37. The lowest BCUT2D eigenvalue weighted by atomic mass is 9.81. The van der Waals surface area contributed by atoms with Gasteiger partial charge in [-0.15, -0.1) is 0 Å². The van der Waals surface area contributed by atoms with Crippen LogP contribution >= 0.6 is 0 Å². The fraction of sp³-hybridized carbons (Fsp3) is 0.533. The molecule has 1 aliphatic rings. The van der Waals surface area contributed by atoms with E-state index >= 15 is 0 Å². The summed E-state index contributed by atoms with van der Waals surface area (Å²) in [6.45, 7) is 4.74. The Balaban J connectivity index is 2.35. The van der Waals surface area contributed by atoms with E-state index in [0.717, 1.165) is 30.8 Å². The Kier molecular flexibility index (Phi) is 3.58. The number of nitrogens with zero attached hydrogens (tertiary/aromatic N) is 1. The van der Waals surface area contributed by atoms with E-state index in [1.165, 1.54) is 5.56 Å². The Morgan fingerprint density at radius 1 is 1.44 bits per heavy atom. The smallest absolute Gasteiger partial charge is 0.122 e. The molecule has 0 aliphatic carbocycles. The van der Waals surface area contributed by atoms with Gasteiger partial charge < -0.3 is 10.1 Å². The molecule has 3 heteroatoms. The van der Waals surface area contributed by atoms with Crippen LogP contribution in [-0.4, -0.2) is 13.7 Å². The van der Waals surface area contributed by atoms with Crippen molar-refractivity contribution in [2.45, 2.75) is 32.7 Å². The third-order valence-corrected chi connectivity index (χ3v) is 3.56. The van der Waals surface area contributed by atoms with Gasteiger partial charge in [-0.05, 0) is 50.9 Å². The van der Waals surface area contributed by atoms with Crippen molar-refractivity contribution >= 4 is 0 Å². The van der Waals surface area contributed by atoms with Gasteiger partial charge in [-0.1, -0.05) is 12.1 Å². The van der Waals surface area contributed by atoms with Crippen LogP contribution in [0.25, 0.3) is 0 Å². The van der Waals surface area contributed by atoms with Crippen LogP contribution in [0.1, 0.15) is 37.4 Å². The van der Waals surface area contributed by atoms with Crippen molar-refractivity contribution in [1.82, 2.24) is 5.32 Å². The van der Waals surface area contributed by atoms with Gasteiger partial charge in [0.05, 0.1) is 24.1 Å². The maximum Gasteiger partial charge on any atom is 0.122 e. The Morgan fingerprint density at radius 2 is 2.22 bits per heavy atom. The first-order chi connectivity index (χ1) is 8.58. The molecule has 1 heterocycles. The van der Waals surface area contributed by atoms with Gasteiger partial charge in [0.15, 0.2) is 0 Å². The van der Waals surface area contributed by atoms with Crippen molar-refractivity contribution in [3.63, 3.8) is 0 Å². The van der Waals surface area contributed by atoms with Crippen LogP contribution < -0.4 is 10.1 Å². The zero-order chi connectivity index (χ0) is 13.2. The molecule has 0 bridgehead atoms. The number of rotatable bonds is 3. The Bertz CT molecular complexity index is 474. The minimum absolute atomic E-state index is 0.0368. The molecule has 0 aromatic heterocycles. The lowest BCUT2D eigenvalue weighted by Crippen LogP contribution is -2.31. The summed E-state index contributed by atoms with van der Waals surface area (Å²) < 4.78 is 5.62. The lowest BCUT2D eigenvalue weighted by molar-refractivity contribution is 0.287. The van der Waals surface area contributed by atoms with Crippen molar-refractivity contribution in [2.75, 3.05) is 13.7 Å². The number of fused-ring (bicyclic) bond motifs is 1. The van der Waals surface area contributed by atoms with E-state index in [2.05, 4.69) is 23.5 Å². The average Bonchev–Trinajstić information content (AvgIpc) is 2.39. The number of nitrogens with one attached hydrogen (secondary N) is 1. The molecule has 1 N–H and O–H groups in total. The fourth-order valence-electron chi connectivity index (χ4n) is 2.57. The predicted molar refractivity (Wildman–Crippen MR) is 71.5 cm³/mol. The quantitative estimate of drug-likeness (QED) is 0.889. The van der Waals surface area contributed by atoms with Crippen molar-refractivity contribution < 1.29 is 4.74 Å². The SMILES string of the molecule is CNC(c1ccc2c(c1)CCCO2)C(C)(C)C#N. The first kappa shape index (κ1) is 12.9. The van der Waals surface area contributed by atoms with Gasteiger partial charge in [-0.2, -0.15) is 5.26 Å². The molecule has 1 aromatic rings. The lowest BCUT2D eigenvalue weighted by Gasteiger charge is -2.29. The Labute approximate surface area is 109 Å². The normalized spacial score (nSPS) is 16.3. The highest BCUT2D eigenvalue weighted by molar-refractivity contribution is 5.40. The summed E-state index contributed by atoms with van der Waals surface area (Å²) in [5.41, 5.74) is 1.99. The van der Waals surface area contributed by atoms with E-state index in [1.54, 1.807) is 0 Å². The molecule has 0 radical (unpaired) electrons. The highest BCUT2D eigenvalue weighted by atomic mass is 16.5. The monoisotopic (exact) mass is 244 g/mol. The van der Waals surface area contributed by atoms with E-state index in [1.807, 2.05) is 27.0 Å². The molecular formula is C15H20N2O. The molecule has 1 aromatic carbocycles. The first-order valence-electron chi connectivity index (χ1n) is 6.42. The van der Waals surface area contributed by atoms with E-state index in [0.29, 0.717) is 0 Å². The molecule has 18 heavy (non-hydrogen) atoms. The van der Waals surface area contributed by atoms with E-state index in [-0.39, 0.29) is 6.04 Å². The summed E-state index contributed by atoms with van der Waals surface area (Å²) in [5, 5.41) is 12.5. The number of benzene rings is 1. The molecule has 0 amide bonds. The molecule has 1 aliphatic heterocycles. The molecular weight excluding hydrogens is 224 g/mol. The van der Waals surface area contributed by atoms with Gasteiger partial charge in [0.2, 0.25) is 0 Å². The van der Waals surface area contributed by atoms with Crippen LogP contribution in [0.15, 0.2) is 18.2 Å². The predicted octanol–water partition coefficient (Wildman–Crippen LogP) is 2.82. The number of ether oxygens (including phenoxy) is 1. The summed E-state index contributed by atoms with van der Waals surface area (Å²) in [7, 11) is 1.90. The summed E-state index contributed by atoms with van der Waals surface area (Å²) in [6.07, 6.45) is 2.13. The summed E-state index contributed by atoms with van der Waals surface area (Å²) >= 11 is 0. The third-order valence-electron chi connectivity index (χ3n) is 3.56. The van der Waals surface area contributed by atoms with Gasteiger partial charge in [0.1, 0.15) is 5.75 Å². The van der Waals surface area contributed by atoms with Crippen molar-refractivity contribution in [3.8, 4) is 11.8 Å². The average molecular weight is 244 g/mol. The van der Waals surface area contributed by atoms with Crippen molar-refractivity contribution in [2.24, 2.45) is 5.41 Å². The standard InChI is InChI=1S/C15H20N2O/c1-15(2,10-16)14(17-3)12-6-7-13-11(9-12)5-4-8-18-13/h6-7,9,14,17H,4-5,8H2,1-3H3.